The summed E-state index contributed by atoms with van der Waals surface area (Å²) >= 11 is 7.65. The minimum absolute atomic E-state index is 0.130. The van der Waals surface area contributed by atoms with Gasteiger partial charge in [-0.15, -0.1) is 11.3 Å². The summed E-state index contributed by atoms with van der Waals surface area (Å²) in [5, 5.41) is 5.48. The van der Waals surface area contributed by atoms with E-state index in [1.165, 1.54) is 11.3 Å². The maximum atomic E-state index is 12.6. The third kappa shape index (κ3) is 3.61. The average Bonchev–Trinajstić information content (AvgIpc) is 3.27. The molecule has 0 saturated carbocycles. The lowest BCUT2D eigenvalue weighted by Gasteiger charge is -2.12. The number of carbonyl (C=O) groups is 1. The van der Waals surface area contributed by atoms with Gasteiger partial charge in [-0.1, -0.05) is 41.9 Å². The van der Waals surface area contributed by atoms with Crippen LogP contribution in [0.3, 0.4) is 0 Å². The second-order valence-electron chi connectivity index (χ2n) is 6.40. The molecule has 7 heteroatoms. The van der Waals surface area contributed by atoms with Gasteiger partial charge in [-0.2, -0.15) is 0 Å². The van der Waals surface area contributed by atoms with Gasteiger partial charge in [0.15, 0.2) is 4.96 Å². The summed E-state index contributed by atoms with van der Waals surface area (Å²) < 4.78 is 7.30. The molecule has 0 aliphatic carbocycles. The molecule has 0 aliphatic heterocycles. The number of fused-ring (bicyclic) bond motifs is 1. The standard InChI is InChI=1S/C21H18ClN3O2S/c1-13-8-17(19(27-2)10-16(13)22)23-20(26)9-15-12-28-21-24-18(11-25(15)21)14-6-4-3-5-7-14/h3-8,10-12H,9H2,1-2H3,(H,23,26). The van der Waals surface area contributed by atoms with E-state index in [0.717, 1.165) is 27.5 Å². The highest BCUT2D eigenvalue weighted by atomic mass is 35.5. The largest absolute Gasteiger partial charge is 0.495 e. The zero-order chi connectivity index (χ0) is 19.7. The van der Waals surface area contributed by atoms with Crippen LogP contribution in [0.25, 0.3) is 16.2 Å². The normalized spacial score (nSPS) is 11.0. The van der Waals surface area contributed by atoms with Crippen LogP contribution in [0, 0.1) is 6.92 Å². The van der Waals surface area contributed by atoms with Gasteiger partial charge in [0.25, 0.3) is 0 Å². The number of nitrogens with one attached hydrogen (secondary N) is 1. The van der Waals surface area contributed by atoms with Crippen LogP contribution < -0.4 is 10.1 Å². The van der Waals surface area contributed by atoms with Crippen LogP contribution in [0.5, 0.6) is 5.75 Å². The molecule has 1 N–H and O–H groups in total. The van der Waals surface area contributed by atoms with E-state index in [4.69, 9.17) is 16.3 Å². The Hall–Kier alpha value is -2.83. The van der Waals surface area contributed by atoms with Crippen LogP contribution in [0.2, 0.25) is 5.02 Å². The fourth-order valence-corrected chi connectivity index (χ4v) is 4.02. The van der Waals surface area contributed by atoms with Gasteiger partial charge < -0.3 is 10.1 Å². The molecule has 142 valence electrons. The lowest BCUT2D eigenvalue weighted by atomic mass is 10.2. The van der Waals surface area contributed by atoms with Gasteiger partial charge in [0.1, 0.15) is 5.75 Å². The number of halogens is 1. The number of methoxy groups -OCH3 is 1. The van der Waals surface area contributed by atoms with Crippen LogP contribution in [0.15, 0.2) is 54.0 Å². The molecule has 0 atom stereocenters. The first-order valence-electron chi connectivity index (χ1n) is 8.70. The number of aryl methyl sites for hydroxylation is 1. The van der Waals surface area contributed by atoms with Crippen molar-refractivity contribution in [3.8, 4) is 17.0 Å². The van der Waals surface area contributed by atoms with Crippen molar-refractivity contribution in [3.63, 3.8) is 0 Å². The second kappa shape index (κ2) is 7.66. The van der Waals surface area contributed by atoms with Gasteiger partial charge in [0.05, 0.1) is 24.9 Å². The molecule has 4 rings (SSSR count). The van der Waals surface area contributed by atoms with E-state index in [1.54, 1.807) is 13.2 Å². The molecule has 0 spiro atoms. The van der Waals surface area contributed by atoms with E-state index in [0.29, 0.717) is 16.5 Å². The van der Waals surface area contributed by atoms with Gasteiger partial charge in [-0.3, -0.25) is 9.20 Å². The Balaban J connectivity index is 1.56. The van der Waals surface area contributed by atoms with Crippen molar-refractivity contribution in [1.29, 1.82) is 0 Å². The summed E-state index contributed by atoms with van der Waals surface area (Å²) in [6.45, 7) is 1.89. The molecular weight excluding hydrogens is 394 g/mol. The van der Waals surface area contributed by atoms with Crippen molar-refractivity contribution in [2.24, 2.45) is 0 Å². The molecule has 2 aromatic carbocycles. The second-order valence-corrected chi connectivity index (χ2v) is 7.64. The van der Waals surface area contributed by atoms with Gasteiger partial charge in [-0.05, 0) is 18.6 Å². The van der Waals surface area contributed by atoms with Crippen LogP contribution in [0.1, 0.15) is 11.3 Å². The highest BCUT2D eigenvalue weighted by molar-refractivity contribution is 7.15. The first kappa shape index (κ1) is 18.5. The molecule has 1 amide bonds. The lowest BCUT2D eigenvalue weighted by molar-refractivity contribution is -0.115. The Kier molecular flexibility index (Phi) is 5.07. The molecule has 0 radical (unpaired) electrons. The fourth-order valence-electron chi connectivity index (χ4n) is 2.99. The molecule has 5 nitrogen and oxygen atoms in total. The number of benzene rings is 2. The maximum absolute atomic E-state index is 12.6. The van der Waals surface area contributed by atoms with Crippen molar-refractivity contribution >= 4 is 39.5 Å². The predicted molar refractivity (Wildman–Crippen MR) is 114 cm³/mol. The Morgan fingerprint density at radius 1 is 1.29 bits per heavy atom. The Labute approximate surface area is 171 Å². The number of imidazole rings is 1. The van der Waals surface area contributed by atoms with Crippen LogP contribution >= 0.6 is 22.9 Å². The molecule has 2 aromatic heterocycles. The van der Waals surface area contributed by atoms with Crippen molar-refractivity contribution in [2.75, 3.05) is 12.4 Å². The van der Waals surface area contributed by atoms with E-state index in [2.05, 4.69) is 10.3 Å². The zero-order valence-electron chi connectivity index (χ0n) is 15.4. The summed E-state index contributed by atoms with van der Waals surface area (Å²) in [4.78, 5) is 18.2. The van der Waals surface area contributed by atoms with E-state index in [9.17, 15) is 4.79 Å². The number of hydrogen-bond donors (Lipinski definition) is 1. The molecule has 0 fully saturated rings. The number of nitrogens with zero attached hydrogens (tertiary/aromatic N) is 2. The Morgan fingerprint density at radius 3 is 2.82 bits per heavy atom. The van der Waals surface area contributed by atoms with Gasteiger partial charge in [0.2, 0.25) is 5.91 Å². The fraction of sp³-hybridized carbons (Fsp3) is 0.143. The third-order valence-corrected chi connectivity index (χ3v) is 5.75. The highest BCUT2D eigenvalue weighted by Gasteiger charge is 2.15. The topological polar surface area (TPSA) is 55.6 Å². The van der Waals surface area contributed by atoms with Crippen LogP contribution in [-0.4, -0.2) is 22.4 Å². The summed E-state index contributed by atoms with van der Waals surface area (Å²) in [6.07, 6.45) is 2.20. The number of hydrogen-bond acceptors (Lipinski definition) is 4. The maximum Gasteiger partial charge on any atom is 0.230 e. The summed E-state index contributed by atoms with van der Waals surface area (Å²) in [5.41, 5.74) is 4.31. The minimum atomic E-state index is -0.130. The van der Waals surface area contributed by atoms with E-state index < -0.39 is 0 Å². The molecule has 0 aliphatic rings. The predicted octanol–water partition coefficient (Wildman–Crippen LogP) is 5.21. The number of anilines is 1. The summed E-state index contributed by atoms with van der Waals surface area (Å²) in [7, 11) is 1.55. The van der Waals surface area contributed by atoms with Crippen molar-refractivity contribution < 1.29 is 9.53 Å². The van der Waals surface area contributed by atoms with Gasteiger partial charge >= 0.3 is 0 Å². The van der Waals surface area contributed by atoms with Crippen molar-refractivity contribution in [1.82, 2.24) is 9.38 Å². The average molecular weight is 412 g/mol. The SMILES string of the molecule is COc1cc(Cl)c(C)cc1NC(=O)Cc1csc2nc(-c3ccccc3)cn12. The third-order valence-electron chi connectivity index (χ3n) is 4.45. The van der Waals surface area contributed by atoms with E-state index in [-0.39, 0.29) is 12.3 Å². The molecule has 2 heterocycles. The molecule has 28 heavy (non-hydrogen) atoms. The van der Waals surface area contributed by atoms with E-state index in [1.807, 2.05) is 59.3 Å². The highest BCUT2D eigenvalue weighted by Crippen LogP contribution is 2.31. The Bertz CT molecular complexity index is 1150. The molecule has 0 bridgehead atoms. The molecule has 0 unspecified atom stereocenters. The molecular formula is C21H18ClN3O2S. The summed E-state index contributed by atoms with van der Waals surface area (Å²) in [6, 6.07) is 13.5. The number of rotatable bonds is 5. The molecule has 0 saturated heterocycles. The number of carbonyl (C=O) groups excluding carboxylic acids is 1. The van der Waals surface area contributed by atoms with Crippen LogP contribution in [0.4, 0.5) is 5.69 Å². The Morgan fingerprint density at radius 2 is 2.07 bits per heavy atom. The van der Waals surface area contributed by atoms with Crippen LogP contribution in [-0.2, 0) is 11.2 Å². The van der Waals surface area contributed by atoms with Crippen molar-refractivity contribution in [2.45, 2.75) is 13.3 Å². The smallest absolute Gasteiger partial charge is 0.230 e. The monoisotopic (exact) mass is 411 g/mol. The minimum Gasteiger partial charge on any atom is -0.495 e. The number of aromatic nitrogens is 2. The quantitative estimate of drug-likeness (QED) is 0.490. The number of thiazole rings is 1. The van der Waals surface area contributed by atoms with Crippen molar-refractivity contribution in [3.05, 3.63) is 70.3 Å². The first-order chi connectivity index (χ1) is 13.5. The van der Waals surface area contributed by atoms with Gasteiger partial charge in [-0.25, -0.2) is 4.98 Å². The number of amides is 1. The molecule has 4 aromatic rings. The summed E-state index contributed by atoms with van der Waals surface area (Å²) in [5.74, 6) is 0.406. The van der Waals surface area contributed by atoms with E-state index >= 15 is 0 Å². The number of ether oxygens (including phenoxy) is 1. The zero-order valence-corrected chi connectivity index (χ0v) is 17.0. The lowest BCUT2D eigenvalue weighted by Crippen LogP contribution is -2.16. The van der Waals surface area contributed by atoms with Gasteiger partial charge in [0, 0.05) is 33.9 Å². The first-order valence-corrected chi connectivity index (χ1v) is 9.96.